The van der Waals surface area contributed by atoms with E-state index in [4.69, 9.17) is 5.73 Å². The Kier molecular flexibility index (Phi) is 2.51. The Morgan fingerprint density at radius 2 is 2.50 bits per heavy atom. The minimum Gasteiger partial charge on any atom is -0.383 e. The van der Waals surface area contributed by atoms with Crippen LogP contribution in [0.5, 0.6) is 0 Å². The predicted octanol–water partition coefficient (Wildman–Crippen LogP) is -1.05. The molecule has 0 radical (unpaired) electrons. The lowest BCUT2D eigenvalue weighted by molar-refractivity contribution is -0.128. The Bertz CT molecular complexity index is 427. The molecule has 0 spiro atoms. The lowest BCUT2D eigenvalue weighted by Crippen LogP contribution is -2.40. The maximum Gasteiger partial charge on any atom is 0.257 e. The maximum atomic E-state index is 11.7. The zero-order valence-corrected chi connectivity index (χ0v) is 8.86. The van der Waals surface area contributed by atoms with Gasteiger partial charge in [0.05, 0.1) is 6.20 Å². The second kappa shape index (κ2) is 3.84. The van der Waals surface area contributed by atoms with E-state index in [1.54, 1.807) is 11.9 Å². The lowest BCUT2D eigenvalue weighted by atomic mass is 10.2. The van der Waals surface area contributed by atoms with Crippen LogP contribution in [-0.4, -0.2) is 46.5 Å². The van der Waals surface area contributed by atoms with Crippen molar-refractivity contribution in [1.29, 1.82) is 0 Å². The largest absolute Gasteiger partial charge is 0.383 e. The van der Waals surface area contributed by atoms with Crippen molar-refractivity contribution in [2.75, 3.05) is 19.3 Å². The third-order valence-corrected chi connectivity index (χ3v) is 2.65. The van der Waals surface area contributed by atoms with Crippen LogP contribution in [0.2, 0.25) is 0 Å². The summed E-state index contributed by atoms with van der Waals surface area (Å²) in [5, 5.41) is 8.74. The molecule has 0 saturated carbocycles. The first kappa shape index (κ1) is 10.5. The van der Waals surface area contributed by atoms with Crippen molar-refractivity contribution in [1.82, 2.24) is 20.4 Å². The zero-order chi connectivity index (χ0) is 11.7. The average molecular weight is 223 g/mol. The number of nitrogens with one attached hydrogen (secondary N) is 2. The van der Waals surface area contributed by atoms with E-state index in [1.807, 2.05) is 0 Å². The molecule has 1 aromatic rings. The van der Waals surface area contributed by atoms with Gasteiger partial charge in [-0.1, -0.05) is 0 Å². The first-order valence-corrected chi connectivity index (χ1v) is 4.94. The van der Waals surface area contributed by atoms with E-state index >= 15 is 0 Å². The highest BCUT2D eigenvalue weighted by Gasteiger charge is 2.30. The van der Waals surface area contributed by atoms with E-state index in [-0.39, 0.29) is 23.2 Å². The summed E-state index contributed by atoms with van der Waals surface area (Å²) in [7, 11) is 1.71. The van der Waals surface area contributed by atoms with Crippen molar-refractivity contribution in [2.24, 2.45) is 0 Å². The first-order valence-electron chi connectivity index (χ1n) is 4.94. The summed E-state index contributed by atoms with van der Waals surface area (Å²) in [5.41, 5.74) is 5.77. The van der Waals surface area contributed by atoms with E-state index < -0.39 is 6.04 Å². The van der Waals surface area contributed by atoms with Gasteiger partial charge in [0.2, 0.25) is 5.91 Å². The molecular weight excluding hydrogens is 210 g/mol. The van der Waals surface area contributed by atoms with Gasteiger partial charge in [0.1, 0.15) is 17.4 Å². The Labute approximate surface area is 92.0 Å². The Morgan fingerprint density at radius 1 is 1.75 bits per heavy atom. The summed E-state index contributed by atoms with van der Waals surface area (Å²) in [6, 6.07) is -0.452. The second-order valence-electron chi connectivity index (χ2n) is 3.77. The minimum absolute atomic E-state index is 0.0737. The molecule has 0 aromatic carbocycles. The summed E-state index contributed by atoms with van der Waals surface area (Å²) in [6.07, 6.45) is 1.96. The topological polar surface area (TPSA) is 104 Å². The summed E-state index contributed by atoms with van der Waals surface area (Å²) in [6.45, 7) is 0.657. The van der Waals surface area contributed by atoms with E-state index in [9.17, 15) is 9.59 Å². The zero-order valence-electron chi connectivity index (χ0n) is 8.86. The number of nitrogens with two attached hydrogens (primary N) is 1. The van der Waals surface area contributed by atoms with E-state index in [2.05, 4.69) is 15.5 Å². The summed E-state index contributed by atoms with van der Waals surface area (Å²) in [4.78, 5) is 24.9. The average Bonchev–Trinajstić information content (AvgIpc) is 2.79. The van der Waals surface area contributed by atoms with Gasteiger partial charge in [-0.3, -0.25) is 14.7 Å². The third-order valence-electron chi connectivity index (χ3n) is 2.65. The quantitative estimate of drug-likeness (QED) is 0.595. The smallest absolute Gasteiger partial charge is 0.257 e. The SMILES string of the molecule is CN1CCC(NC(=O)c2cn[nH]c2N)C1=O. The van der Waals surface area contributed by atoms with Gasteiger partial charge in [0.15, 0.2) is 0 Å². The van der Waals surface area contributed by atoms with Crippen LogP contribution in [0, 0.1) is 0 Å². The van der Waals surface area contributed by atoms with E-state index in [1.165, 1.54) is 6.20 Å². The molecular formula is C9H13N5O2. The number of carbonyl (C=O) groups excluding carboxylic acids is 2. The molecule has 7 heteroatoms. The Hall–Kier alpha value is -2.05. The number of anilines is 1. The molecule has 2 heterocycles. The highest BCUT2D eigenvalue weighted by Crippen LogP contribution is 2.11. The van der Waals surface area contributed by atoms with Crippen LogP contribution < -0.4 is 11.1 Å². The Balaban J connectivity index is 2.04. The number of rotatable bonds is 2. The fourth-order valence-corrected chi connectivity index (χ4v) is 1.67. The number of hydrogen-bond donors (Lipinski definition) is 3. The van der Waals surface area contributed by atoms with E-state index in [0.29, 0.717) is 13.0 Å². The van der Waals surface area contributed by atoms with E-state index in [0.717, 1.165) is 0 Å². The number of likely N-dealkylation sites (tertiary alicyclic amines) is 1. The number of amides is 2. The summed E-state index contributed by atoms with van der Waals surface area (Å²) >= 11 is 0. The second-order valence-corrected chi connectivity index (χ2v) is 3.77. The molecule has 0 bridgehead atoms. The van der Waals surface area contributed by atoms with Crippen molar-refractivity contribution >= 4 is 17.6 Å². The normalized spacial score (nSPS) is 20.2. The number of aromatic amines is 1. The van der Waals surface area contributed by atoms with Gasteiger partial charge in [-0.05, 0) is 6.42 Å². The predicted molar refractivity (Wildman–Crippen MR) is 56.5 cm³/mol. The fourth-order valence-electron chi connectivity index (χ4n) is 1.67. The molecule has 16 heavy (non-hydrogen) atoms. The number of nitrogens with zero attached hydrogens (tertiary/aromatic N) is 2. The molecule has 1 aliphatic rings. The molecule has 1 aromatic heterocycles. The van der Waals surface area contributed by atoms with Crippen LogP contribution in [0.4, 0.5) is 5.82 Å². The highest BCUT2D eigenvalue weighted by atomic mass is 16.2. The molecule has 4 N–H and O–H groups in total. The molecule has 1 atom stereocenters. The van der Waals surface area contributed by atoms with Gasteiger partial charge in [-0.25, -0.2) is 0 Å². The van der Waals surface area contributed by atoms with Gasteiger partial charge in [0.25, 0.3) is 5.91 Å². The van der Waals surface area contributed by atoms with Crippen molar-refractivity contribution < 1.29 is 9.59 Å². The molecule has 2 amide bonds. The number of aromatic nitrogens is 2. The molecule has 7 nitrogen and oxygen atoms in total. The van der Waals surface area contributed by atoms with Crippen LogP contribution in [-0.2, 0) is 4.79 Å². The van der Waals surface area contributed by atoms with Gasteiger partial charge in [-0.2, -0.15) is 5.10 Å². The maximum absolute atomic E-state index is 11.7. The number of likely N-dealkylation sites (N-methyl/N-ethyl adjacent to an activating group) is 1. The number of H-pyrrole nitrogens is 1. The first-order chi connectivity index (χ1) is 7.59. The summed E-state index contributed by atoms with van der Waals surface area (Å²) < 4.78 is 0. The van der Waals surface area contributed by atoms with Crippen LogP contribution >= 0.6 is 0 Å². The molecule has 1 aliphatic heterocycles. The molecule has 86 valence electrons. The van der Waals surface area contributed by atoms with Gasteiger partial charge in [0, 0.05) is 13.6 Å². The van der Waals surface area contributed by atoms with Crippen LogP contribution in [0.15, 0.2) is 6.20 Å². The summed E-state index contributed by atoms with van der Waals surface area (Å²) in [5.74, 6) is -0.244. The van der Waals surface area contributed by atoms with Crippen LogP contribution in [0.1, 0.15) is 16.8 Å². The fraction of sp³-hybridized carbons (Fsp3) is 0.444. The van der Waals surface area contributed by atoms with Crippen molar-refractivity contribution in [3.8, 4) is 0 Å². The number of carbonyl (C=O) groups is 2. The third kappa shape index (κ3) is 1.71. The monoisotopic (exact) mass is 223 g/mol. The van der Waals surface area contributed by atoms with Crippen molar-refractivity contribution in [2.45, 2.75) is 12.5 Å². The number of hydrogen-bond acceptors (Lipinski definition) is 4. The van der Waals surface area contributed by atoms with Crippen molar-refractivity contribution in [3.05, 3.63) is 11.8 Å². The standard InChI is InChI=1S/C9H13N5O2/c1-14-3-2-6(9(14)16)12-8(15)5-4-11-13-7(5)10/h4,6H,2-3H2,1H3,(H,12,15)(H3,10,11,13). The molecule has 1 fully saturated rings. The molecule has 0 aliphatic carbocycles. The van der Waals surface area contributed by atoms with Gasteiger partial charge < -0.3 is 16.0 Å². The molecule has 1 saturated heterocycles. The van der Waals surface area contributed by atoms with Gasteiger partial charge in [-0.15, -0.1) is 0 Å². The molecule has 2 rings (SSSR count). The number of nitrogen functional groups attached to an aromatic ring is 1. The van der Waals surface area contributed by atoms with Crippen LogP contribution in [0.3, 0.4) is 0 Å². The van der Waals surface area contributed by atoms with Crippen molar-refractivity contribution in [3.63, 3.8) is 0 Å². The van der Waals surface area contributed by atoms with Gasteiger partial charge >= 0.3 is 0 Å². The molecule has 1 unspecified atom stereocenters. The lowest BCUT2D eigenvalue weighted by Gasteiger charge is -2.11. The van der Waals surface area contributed by atoms with Crippen LogP contribution in [0.25, 0.3) is 0 Å². The minimum atomic E-state index is -0.452. The Morgan fingerprint density at radius 3 is 3.00 bits per heavy atom. The highest BCUT2D eigenvalue weighted by molar-refractivity contribution is 6.00.